The average molecular weight is 427 g/mol. The minimum atomic E-state index is -1.14. The third-order valence-electron chi connectivity index (χ3n) is 4.73. The zero-order valence-corrected chi connectivity index (χ0v) is 19.0. The average Bonchev–Trinajstić information content (AvgIpc) is 2.63. The van der Waals surface area contributed by atoms with Crippen LogP contribution in [0.4, 0.5) is 10.1 Å². The molecule has 3 N–H and O–H groups in total. The van der Waals surface area contributed by atoms with Crippen LogP contribution in [0.1, 0.15) is 50.8 Å². The molecule has 0 spiro atoms. The summed E-state index contributed by atoms with van der Waals surface area (Å²) >= 11 is 0. The van der Waals surface area contributed by atoms with E-state index >= 15 is 0 Å². The van der Waals surface area contributed by atoms with Gasteiger partial charge in [-0.3, -0.25) is 4.79 Å². The van der Waals surface area contributed by atoms with Gasteiger partial charge in [0.05, 0.1) is 6.42 Å². The van der Waals surface area contributed by atoms with Gasteiger partial charge in [0, 0.05) is 28.9 Å². The first-order valence-electron chi connectivity index (χ1n) is 10.4. The molecule has 0 radical (unpaired) electrons. The van der Waals surface area contributed by atoms with E-state index < -0.39 is 5.97 Å². The van der Waals surface area contributed by atoms with E-state index in [4.69, 9.17) is 0 Å². The highest BCUT2D eigenvalue weighted by atomic mass is 19.1. The van der Waals surface area contributed by atoms with Crippen molar-refractivity contribution in [3.8, 4) is 11.1 Å². The molecular formula is C25H31FN2O3. The number of aliphatic carboxylic acids is 1. The summed E-state index contributed by atoms with van der Waals surface area (Å²) in [6, 6.07) is 8.88. The molecule has 0 saturated heterocycles. The van der Waals surface area contributed by atoms with Crippen molar-refractivity contribution in [1.29, 1.82) is 0 Å². The molecule has 0 atom stereocenters. The summed E-state index contributed by atoms with van der Waals surface area (Å²) in [4.78, 5) is 23.7. The lowest BCUT2D eigenvalue weighted by Crippen LogP contribution is -2.30. The maximum Gasteiger partial charge on any atom is 0.332 e. The summed E-state index contributed by atoms with van der Waals surface area (Å²) in [6.45, 7) is 11.3. The summed E-state index contributed by atoms with van der Waals surface area (Å²) in [5.74, 6) is -1.81. The van der Waals surface area contributed by atoms with Gasteiger partial charge in [-0.2, -0.15) is 0 Å². The Morgan fingerprint density at radius 1 is 1.00 bits per heavy atom. The Morgan fingerprint density at radius 2 is 1.68 bits per heavy atom. The molecule has 6 heteroatoms. The van der Waals surface area contributed by atoms with E-state index in [1.165, 1.54) is 12.1 Å². The SMILES string of the molecule is Cc1cc(-c2ccc(NC(C)C)cc2F)c(C)cc1C=C(CC(=O)NC(C)C)C(=O)O. The van der Waals surface area contributed by atoms with Crippen molar-refractivity contribution < 1.29 is 19.1 Å². The number of benzene rings is 2. The van der Waals surface area contributed by atoms with Crippen LogP contribution in [0.3, 0.4) is 0 Å². The lowest BCUT2D eigenvalue weighted by Gasteiger charge is -2.15. The second kappa shape index (κ2) is 10.2. The Balaban J connectivity index is 2.40. The van der Waals surface area contributed by atoms with Crippen LogP contribution in [0.5, 0.6) is 0 Å². The number of carboxylic acid groups (broad SMARTS) is 1. The Kier molecular flexibility index (Phi) is 7.97. The van der Waals surface area contributed by atoms with Gasteiger partial charge in [-0.15, -0.1) is 0 Å². The largest absolute Gasteiger partial charge is 0.478 e. The third-order valence-corrected chi connectivity index (χ3v) is 4.73. The van der Waals surface area contributed by atoms with Gasteiger partial charge in [-0.25, -0.2) is 9.18 Å². The maximum absolute atomic E-state index is 14.8. The topological polar surface area (TPSA) is 78.4 Å². The molecule has 2 aromatic rings. The van der Waals surface area contributed by atoms with Crippen LogP contribution in [-0.4, -0.2) is 29.1 Å². The van der Waals surface area contributed by atoms with Gasteiger partial charge < -0.3 is 15.7 Å². The molecule has 0 fully saturated rings. The first kappa shape index (κ1) is 24.1. The van der Waals surface area contributed by atoms with E-state index in [0.29, 0.717) is 11.1 Å². The highest BCUT2D eigenvalue weighted by Crippen LogP contribution is 2.31. The molecule has 31 heavy (non-hydrogen) atoms. The summed E-state index contributed by atoms with van der Waals surface area (Å²) in [5, 5.41) is 15.4. The van der Waals surface area contributed by atoms with E-state index in [0.717, 1.165) is 22.4 Å². The van der Waals surface area contributed by atoms with E-state index in [1.807, 2.05) is 59.7 Å². The molecule has 0 unspecified atom stereocenters. The smallest absolute Gasteiger partial charge is 0.332 e. The molecule has 0 saturated carbocycles. The number of hydrogen-bond acceptors (Lipinski definition) is 3. The van der Waals surface area contributed by atoms with E-state index in [9.17, 15) is 19.1 Å². The zero-order valence-electron chi connectivity index (χ0n) is 19.0. The van der Waals surface area contributed by atoms with E-state index in [-0.39, 0.29) is 35.8 Å². The standard InChI is InChI=1S/C25H31FN2O3/c1-14(2)27-20-7-8-21(23(26)13-20)22-10-16(5)18(9-17(22)6)11-19(25(30)31)12-24(29)28-15(3)4/h7-11,13-15,27H,12H2,1-6H3,(H,28,29)(H,30,31). The number of rotatable bonds is 8. The van der Waals surface area contributed by atoms with Crippen molar-refractivity contribution in [1.82, 2.24) is 5.32 Å². The van der Waals surface area contributed by atoms with Gasteiger partial charge >= 0.3 is 5.97 Å². The quantitative estimate of drug-likeness (QED) is 0.500. The summed E-state index contributed by atoms with van der Waals surface area (Å²) < 4.78 is 14.8. The predicted octanol–water partition coefficient (Wildman–Crippen LogP) is 5.31. The third kappa shape index (κ3) is 6.67. The van der Waals surface area contributed by atoms with Gasteiger partial charge in [0.15, 0.2) is 0 Å². The first-order chi connectivity index (χ1) is 14.5. The molecule has 0 aliphatic carbocycles. The van der Waals surface area contributed by atoms with Crippen LogP contribution >= 0.6 is 0 Å². The molecule has 1 amide bonds. The van der Waals surface area contributed by atoms with Crippen LogP contribution in [0.15, 0.2) is 35.9 Å². The van der Waals surface area contributed by atoms with Gasteiger partial charge in [-0.1, -0.05) is 12.1 Å². The first-order valence-corrected chi connectivity index (χ1v) is 10.4. The van der Waals surface area contributed by atoms with Crippen molar-refractivity contribution in [2.45, 2.75) is 60.0 Å². The minimum Gasteiger partial charge on any atom is -0.478 e. The number of carbonyl (C=O) groups excluding carboxylic acids is 1. The lowest BCUT2D eigenvalue weighted by atomic mass is 9.93. The van der Waals surface area contributed by atoms with Crippen LogP contribution in [0.25, 0.3) is 17.2 Å². The fraction of sp³-hybridized carbons (Fsp3) is 0.360. The van der Waals surface area contributed by atoms with E-state index in [2.05, 4.69) is 10.6 Å². The fourth-order valence-electron chi connectivity index (χ4n) is 3.36. The molecular weight excluding hydrogens is 395 g/mol. The number of carboxylic acids is 1. The van der Waals surface area contributed by atoms with Crippen LogP contribution < -0.4 is 10.6 Å². The number of amides is 1. The van der Waals surface area contributed by atoms with Crippen LogP contribution in [0, 0.1) is 19.7 Å². The Morgan fingerprint density at radius 3 is 2.23 bits per heavy atom. The highest BCUT2D eigenvalue weighted by Gasteiger charge is 2.16. The molecule has 5 nitrogen and oxygen atoms in total. The number of anilines is 1. The molecule has 0 aliphatic heterocycles. The van der Waals surface area contributed by atoms with Gasteiger partial charge in [-0.05, 0) is 88.1 Å². The highest BCUT2D eigenvalue weighted by molar-refractivity contribution is 5.98. The monoisotopic (exact) mass is 426 g/mol. The normalized spacial score (nSPS) is 11.7. The molecule has 0 aromatic heterocycles. The van der Waals surface area contributed by atoms with Crippen molar-refractivity contribution in [2.75, 3.05) is 5.32 Å². The van der Waals surface area contributed by atoms with Crippen molar-refractivity contribution in [3.63, 3.8) is 0 Å². The fourth-order valence-corrected chi connectivity index (χ4v) is 3.36. The summed E-state index contributed by atoms with van der Waals surface area (Å²) in [7, 11) is 0. The Labute approximate surface area is 183 Å². The molecule has 0 heterocycles. The van der Waals surface area contributed by atoms with Crippen LogP contribution in [-0.2, 0) is 9.59 Å². The van der Waals surface area contributed by atoms with E-state index in [1.54, 1.807) is 6.07 Å². The van der Waals surface area contributed by atoms with Crippen molar-refractivity contribution >= 4 is 23.6 Å². The van der Waals surface area contributed by atoms with Crippen molar-refractivity contribution in [2.24, 2.45) is 0 Å². The van der Waals surface area contributed by atoms with Gasteiger partial charge in [0.1, 0.15) is 5.82 Å². The van der Waals surface area contributed by atoms with Gasteiger partial charge in [0.2, 0.25) is 5.91 Å². The number of nitrogens with one attached hydrogen (secondary N) is 2. The molecule has 2 aromatic carbocycles. The number of carbonyl (C=O) groups is 2. The summed E-state index contributed by atoms with van der Waals surface area (Å²) in [5.41, 5.74) is 4.26. The summed E-state index contributed by atoms with van der Waals surface area (Å²) in [6.07, 6.45) is 1.30. The number of hydrogen-bond donors (Lipinski definition) is 3. The number of halogens is 1. The molecule has 2 rings (SSSR count). The Bertz CT molecular complexity index is 1010. The predicted molar refractivity (Wildman–Crippen MR) is 124 cm³/mol. The second-order valence-electron chi connectivity index (χ2n) is 8.39. The zero-order chi connectivity index (χ0) is 23.3. The molecule has 0 aliphatic rings. The minimum absolute atomic E-state index is 0.00342. The molecule has 0 bridgehead atoms. The van der Waals surface area contributed by atoms with Gasteiger partial charge in [0.25, 0.3) is 0 Å². The molecule has 166 valence electrons. The lowest BCUT2D eigenvalue weighted by molar-refractivity contribution is -0.134. The van der Waals surface area contributed by atoms with Crippen molar-refractivity contribution in [3.05, 3.63) is 58.4 Å². The Hall–Kier alpha value is -3.15. The maximum atomic E-state index is 14.8. The second-order valence-corrected chi connectivity index (χ2v) is 8.39. The number of aryl methyl sites for hydroxylation is 2. The van der Waals surface area contributed by atoms with Crippen LogP contribution in [0.2, 0.25) is 0 Å².